The fourth-order valence-electron chi connectivity index (χ4n) is 3.79. The van der Waals surface area contributed by atoms with Crippen molar-refractivity contribution >= 4 is 16.8 Å². The van der Waals surface area contributed by atoms with Gasteiger partial charge in [0.1, 0.15) is 12.0 Å². The number of nitrogens with zero attached hydrogens (tertiary/aromatic N) is 4. The van der Waals surface area contributed by atoms with E-state index < -0.39 is 0 Å². The van der Waals surface area contributed by atoms with Gasteiger partial charge in [-0.1, -0.05) is 31.4 Å². The zero-order valence-electron chi connectivity index (χ0n) is 16.0. The molecule has 0 radical (unpaired) electrons. The number of carbonyl (C=O) groups is 1. The van der Waals surface area contributed by atoms with Crippen LogP contribution in [0.4, 0.5) is 0 Å². The Bertz CT molecular complexity index is 1140. The molecule has 0 saturated heterocycles. The highest BCUT2D eigenvalue weighted by Gasteiger charge is 2.14. The number of carbonyl (C=O) groups excluding carboxylic acids is 1. The molecule has 1 fully saturated rings. The number of rotatable bonds is 3. The van der Waals surface area contributed by atoms with Crippen LogP contribution in [-0.2, 0) is 6.54 Å². The van der Waals surface area contributed by atoms with Crippen LogP contribution in [0.1, 0.15) is 42.5 Å². The minimum Gasteiger partial charge on any atom is -0.287 e. The lowest BCUT2D eigenvalue weighted by molar-refractivity contribution is 0.0881. The zero-order chi connectivity index (χ0) is 19.5. The molecule has 0 spiro atoms. The second-order valence-corrected chi connectivity index (χ2v) is 7.43. The number of aryl methyl sites for hydroxylation is 1. The summed E-state index contributed by atoms with van der Waals surface area (Å²) < 4.78 is 3.19. The summed E-state index contributed by atoms with van der Waals surface area (Å²) in [6, 6.07) is 11.4. The first-order valence-corrected chi connectivity index (χ1v) is 9.83. The van der Waals surface area contributed by atoms with Crippen molar-refractivity contribution in [3.8, 4) is 0 Å². The second-order valence-electron chi connectivity index (χ2n) is 7.43. The smallest absolute Gasteiger partial charge is 0.253 e. The largest absolute Gasteiger partial charge is 0.287 e. The fraction of sp³-hybridized carbons (Fsp3) is 0.364. The van der Waals surface area contributed by atoms with Crippen LogP contribution in [-0.4, -0.2) is 26.3 Å². The maximum Gasteiger partial charge on any atom is 0.253 e. The molecule has 28 heavy (non-hydrogen) atoms. The third-order valence-electron chi connectivity index (χ3n) is 5.30. The Morgan fingerprint density at radius 2 is 1.96 bits per heavy atom. The summed E-state index contributed by atoms with van der Waals surface area (Å²) in [5.41, 5.74) is 2.28. The minimum absolute atomic E-state index is 0.0434. The third-order valence-corrected chi connectivity index (χ3v) is 5.30. The van der Waals surface area contributed by atoms with Gasteiger partial charge in [-0.25, -0.2) is 0 Å². The Kier molecular flexibility index (Phi) is 5.19. The van der Waals surface area contributed by atoms with Crippen LogP contribution in [0.25, 0.3) is 10.9 Å². The van der Waals surface area contributed by atoms with Crippen LogP contribution in [0.15, 0.2) is 58.6 Å². The molecule has 0 amide bonds. The Balaban J connectivity index is 1.71. The lowest BCUT2D eigenvalue weighted by Crippen LogP contribution is -2.32. The van der Waals surface area contributed by atoms with Gasteiger partial charge in [0, 0.05) is 11.6 Å². The molecule has 1 aromatic carbocycles. The molecule has 4 rings (SSSR count). The van der Waals surface area contributed by atoms with Gasteiger partial charge in [-0.05, 0) is 49.6 Å². The molecular formula is C22H24N4O2. The molecule has 1 saturated carbocycles. The maximum absolute atomic E-state index is 13.1. The summed E-state index contributed by atoms with van der Waals surface area (Å²) in [4.78, 5) is 30.0. The van der Waals surface area contributed by atoms with Gasteiger partial charge >= 0.3 is 0 Å². The Morgan fingerprint density at radius 3 is 2.79 bits per heavy atom. The molecule has 0 N–H and O–H groups in total. The summed E-state index contributed by atoms with van der Waals surface area (Å²) in [6.07, 6.45) is 8.86. The molecule has 144 valence electrons. The standard InChI is InChI=1S/C22H24N4O2/c1-16-11-12-25(21(13-16)24-17-7-3-2-4-8-17)22(28)15-26-19-10-6-5-9-18(19)20(27)14-23-26/h5-6,9-14,17H,2-4,7-8,15H2,1H3. The van der Waals surface area contributed by atoms with Gasteiger partial charge in [0.2, 0.25) is 5.43 Å². The molecule has 0 bridgehead atoms. The van der Waals surface area contributed by atoms with E-state index in [1.807, 2.05) is 37.3 Å². The van der Waals surface area contributed by atoms with Gasteiger partial charge < -0.3 is 0 Å². The number of para-hydroxylation sites is 1. The van der Waals surface area contributed by atoms with Crippen LogP contribution >= 0.6 is 0 Å². The Labute approximate surface area is 163 Å². The lowest BCUT2D eigenvalue weighted by atomic mass is 9.96. The lowest BCUT2D eigenvalue weighted by Gasteiger charge is -2.18. The molecule has 6 heteroatoms. The van der Waals surface area contributed by atoms with E-state index in [0.29, 0.717) is 16.4 Å². The normalized spacial score (nSPS) is 15.8. The first-order valence-electron chi connectivity index (χ1n) is 9.83. The average Bonchev–Trinajstić information content (AvgIpc) is 2.71. The molecule has 0 aliphatic heterocycles. The summed E-state index contributed by atoms with van der Waals surface area (Å²) in [7, 11) is 0. The summed E-state index contributed by atoms with van der Waals surface area (Å²) >= 11 is 0. The van der Waals surface area contributed by atoms with Gasteiger partial charge in [-0.15, -0.1) is 0 Å². The van der Waals surface area contributed by atoms with Crippen molar-refractivity contribution in [2.75, 3.05) is 0 Å². The number of aromatic nitrogens is 3. The molecule has 1 aliphatic carbocycles. The molecule has 6 nitrogen and oxygen atoms in total. The Morgan fingerprint density at radius 1 is 1.18 bits per heavy atom. The van der Waals surface area contributed by atoms with Crippen molar-refractivity contribution in [3.63, 3.8) is 0 Å². The molecule has 0 atom stereocenters. The quantitative estimate of drug-likeness (QED) is 0.705. The third kappa shape index (κ3) is 3.81. The predicted molar refractivity (Wildman–Crippen MR) is 108 cm³/mol. The van der Waals surface area contributed by atoms with Crippen LogP contribution in [0, 0.1) is 6.92 Å². The molecule has 0 unspecified atom stereocenters. The van der Waals surface area contributed by atoms with Gasteiger partial charge in [-0.2, -0.15) is 5.10 Å². The van der Waals surface area contributed by atoms with Gasteiger partial charge in [0.15, 0.2) is 0 Å². The highest BCUT2D eigenvalue weighted by Crippen LogP contribution is 2.19. The summed E-state index contributed by atoms with van der Waals surface area (Å²) in [6.45, 7) is 2.05. The second kappa shape index (κ2) is 7.92. The van der Waals surface area contributed by atoms with Crippen LogP contribution in [0.2, 0.25) is 0 Å². The topological polar surface area (TPSA) is 69.2 Å². The zero-order valence-corrected chi connectivity index (χ0v) is 16.0. The van der Waals surface area contributed by atoms with E-state index in [-0.39, 0.29) is 23.9 Å². The molecule has 2 heterocycles. The van der Waals surface area contributed by atoms with Crippen LogP contribution in [0.5, 0.6) is 0 Å². The van der Waals surface area contributed by atoms with Gasteiger partial charge in [-0.3, -0.25) is 23.8 Å². The monoisotopic (exact) mass is 376 g/mol. The number of benzene rings is 1. The van der Waals surface area contributed by atoms with Crippen molar-refractivity contribution in [2.24, 2.45) is 4.99 Å². The van der Waals surface area contributed by atoms with E-state index in [0.717, 1.165) is 18.4 Å². The highest BCUT2D eigenvalue weighted by molar-refractivity contribution is 5.82. The first-order chi connectivity index (χ1) is 13.6. The number of fused-ring (bicyclic) bond motifs is 1. The van der Waals surface area contributed by atoms with Crippen molar-refractivity contribution in [1.29, 1.82) is 0 Å². The number of pyridine rings is 1. The SMILES string of the molecule is Cc1ccn(C(=O)Cn2ncc(=O)c3ccccc32)c(=NC2CCCCC2)c1. The van der Waals surface area contributed by atoms with E-state index in [9.17, 15) is 9.59 Å². The van der Waals surface area contributed by atoms with E-state index >= 15 is 0 Å². The maximum atomic E-state index is 13.1. The van der Waals surface area contributed by atoms with Gasteiger partial charge in [0.05, 0.1) is 17.8 Å². The minimum atomic E-state index is -0.143. The van der Waals surface area contributed by atoms with Crippen molar-refractivity contribution in [1.82, 2.24) is 14.3 Å². The van der Waals surface area contributed by atoms with Crippen LogP contribution < -0.4 is 10.9 Å². The Hall–Kier alpha value is -3.02. The average molecular weight is 376 g/mol. The van der Waals surface area contributed by atoms with E-state index in [1.54, 1.807) is 21.5 Å². The molecule has 3 aromatic rings. The predicted octanol–water partition coefficient (Wildman–Crippen LogP) is 3.08. The van der Waals surface area contributed by atoms with Crippen molar-refractivity contribution < 1.29 is 4.79 Å². The molecular weight excluding hydrogens is 352 g/mol. The van der Waals surface area contributed by atoms with Crippen LogP contribution in [0.3, 0.4) is 0 Å². The fourth-order valence-corrected chi connectivity index (χ4v) is 3.79. The van der Waals surface area contributed by atoms with E-state index in [1.165, 1.54) is 25.5 Å². The molecule has 2 aromatic heterocycles. The van der Waals surface area contributed by atoms with Gasteiger partial charge in [0.25, 0.3) is 5.91 Å². The number of hydrogen-bond acceptors (Lipinski definition) is 4. The van der Waals surface area contributed by atoms with E-state index in [4.69, 9.17) is 4.99 Å². The van der Waals surface area contributed by atoms with Crippen molar-refractivity contribution in [2.45, 2.75) is 51.6 Å². The first kappa shape index (κ1) is 18.3. The molecule has 1 aliphatic rings. The van der Waals surface area contributed by atoms with E-state index in [2.05, 4.69) is 5.10 Å². The number of hydrogen-bond donors (Lipinski definition) is 0. The summed E-state index contributed by atoms with van der Waals surface area (Å²) in [5.74, 6) is -0.129. The van der Waals surface area contributed by atoms with Crippen molar-refractivity contribution in [3.05, 3.63) is 70.1 Å². The highest BCUT2D eigenvalue weighted by atomic mass is 16.2. The summed E-state index contributed by atoms with van der Waals surface area (Å²) in [5, 5.41) is 4.74.